The molecule has 1 aliphatic carbocycles. The monoisotopic (exact) mass is 335 g/mol. The first-order chi connectivity index (χ1) is 9.40. The molecule has 0 N–H and O–H groups in total. The number of rotatable bonds is 1. The van der Waals surface area contributed by atoms with Crippen LogP contribution in [0, 0.1) is 31.6 Å². The first kappa shape index (κ1) is 13.8. The Labute approximate surface area is 127 Å². The number of imide groups is 1. The molecule has 0 bridgehead atoms. The number of halogens is 1. The van der Waals surface area contributed by atoms with Gasteiger partial charge in [-0.3, -0.25) is 9.59 Å². The van der Waals surface area contributed by atoms with Crippen molar-refractivity contribution in [2.24, 2.45) is 17.8 Å². The van der Waals surface area contributed by atoms with E-state index in [0.717, 1.165) is 34.1 Å². The third-order valence-electron chi connectivity index (χ3n) is 4.50. The van der Waals surface area contributed by atoms with E-state index in [2.05, 4.69) is 22.9 Å². The van der Waals surface area contributed by atoms with Crippen LogP contribution < -0.4 is 4.90 Å². The highest BCUT2D eigenvalue weighted by Crippen LogP contribution is 2.46. The summed E-state index contributed by atoms with van der Waals surface area (Å²) in [6, 6.07) is 3.97. The zero-order chi connectivity index (χ0) is 14.6. The van der Waals surface area contributed by atoms with E-state index in [-0.39, 0.29) is 23.7 Å². The van der Waals surface area contributed by atoms with E-state index in [4.69, 9.17) is 0 Å². The van der Waals surface area contributed by atoms with Gasteiger partial charge in [0, 0.05) is 4.47 Å². The molecule has 1 aromatic carbocycles. The van der Waals surface area contributed by atoms with Crippen LogP contribution in [0.3, 0.4) is 0 Å². The molecule has 1 saturated heterocycles. The van der Waals surface area contributed by atoms with E-state index < -0.39 is 0 Å². The van der Waals surface area contributed by atoms with Gasteiger partial charge in [-0.15, -0.1) is 0 Å². The molecule has 1 aromatic rings. The molecule has 1 aliphatic heterocycles. The predicted octanol–water partition coefficient (Wildman–Crippen LogP) is 3.60. The molecule has 2 unspecified atom stereocenters. The van der Waals surface area contributed by atoms with E-state index in [1.807, 2.05) is 26.0 Å². The molecule has 3 nitrogen and oxygen atoms in total. The Morgan fingerprint density at radius 3 is 2.15 bits per heavy atom. The third-order valence-corrected chi connectivity index (χ3v) is 5.10. The van der Waals surface area contributed by atoms with Crippen molar-refractivity contribution in [1.29, 1.82) is 0 Å². The van der Waals surface area contributed by atoms with Crippen LogP contribution in [0.5, 0.6) is 0 Å². The van der Waals surface area contributed by atoms with Gasteiger partial charge in [-0.05, 0) is 65.7 Å². The average Bonchev–Trinajstić information content (AvgIpc) is 2.82. The van der Waals surface area contributed by atoms with E-state index >= 15 is 0 Å². The zero-order valence-corrected chi connectivity index (χ0v) is 13.5. The van der Waals surface area contributed by atoms with Crippen molar-refractivity contribution < 1.29 is 9.59 Å². The third kappa shape index (κ3) is 1.93. The SMILES string of the molecule is Cc1cc(C)c(N2C(=O)C3CC(C)CC3C2=O)c(Br)c1. The van der Waals surface area contributed by atoms with Gasteiger partial charge in [0.15, 0.2) is 0 Å². The molecule has 4 heteroatoms. The molecular weight excluding hydrogens is 318 g/mol. The number of aryl methyl sites for hydroxylation is 2. The topological polar surface area (TPSA) is 37.4 Å². The summed E-state index contributed by atoms with van der Waals surface area (Å²) in [5, 5.41) is 0. The van der Waals surface area contributed by atoms with Gasteiger partial charge in [0.25, 0.3) is 0 Å². The Morgan fingerprint density at radius 2 is 1.65 bits per heavy atom. The number of hydrogen-bond donors (Lipinski definition) is 0. The first-order valence-electron chi connectivity index (χ1n) is 7.04. The predicted molar refractivity (Wildman–Crippen MR) is 81.5 cm³/mol. The minimum absolute atomic E-state index is 0.0167. The Balaban J connectivity index is 2.05. The average molecular weight is 336 g/mol. The lowest BCUT2D eigenvalue weighted by Crippen LogP contribution is -2.33. The number of carbonyl (C=O) groups excluding carboxylic acids is 2. The quantitative estimate of drug-likeness (QED) is 0.735. The number of fused-ring (bicyclic) bond motifs is 1. The fourth-order valence-electron chi connectivity index (χ4n) is 3.69. The largest absolute Gasteiger partial charge is 0.274 e. The molecule has 2 fully saturated rings. The molecule has 2 amide bonds. The van der Waals surface area contributed by atoms with Crippen LogP contribution in [0.1, 0.15) is 30.9 Å². The van der Waals surface area contributed by atoms with Crippen LogP contribution in [-0.2, 0) is 9.59 Å². The van der Waals surface area contributed by atoms with Crippen LogP contribution in [0.4, 0.5) is 5.69 Å². The van der Waals surface area contributed by atoms with Gasteiger partial charge in [-0.2, -0.15) is 0 Å². The van der Waals surface area contributed by atoms with Crippen molar-refractivity contribution in [3.8, 4) is 0 Å². The summed E-state index contributed by atoms with van der Waals surface area (Å²) in [6.07, 6.45) is 1.68. The van der Waals surface area contributed by atoms with Gasteiger partial charge >= 0.3 is 0 Å². The molecule has 106 valence electrons. The Kier molecular flexibility index (Phi) is 3.24. The number of benzene rings is 1. The molecule has 0 spiro atoms. The fraction of sp³-hybridized carbons (Fsp3) is 0.500. The number of carbonyl (C=O) groups is 2. The molecule has 1 heterocycles. The Hall–Kier alpha value is -1.16. The van der Waals surface area contributed by atoms with Crippen molar-refractivity contribution in [3.63, 3.8) is 0 Å². The highest BCUT2D eigenvalue weighted by Gasteiger charge is 2.52. The second kappa shape index (κ2) is 4.69. The number of hydrogen-bond acceptors (Lipinski definition) is 2. The van der Waals surface area contributed by atoms with E-state index in [9.17, 15) is 9.59 Å². The lowest BCUT2D eigenvalue weighted by molar-refractivity contribution is -0.123. The molecule has 2 atom stereocenters. The Morgan fingerprint density at radius 1 is 1.10 bits per heavy atom. The van der Waals surface area contributed by atoms with Gasteiger partial charge in [-0.1, -0.05) is 13.0 Å². The normalized spacial score (nSPS) is 29.2. The summed E-state index contributed by atoms with van der Waals surface area (Å²) in [5.74, 6) is 0.229. The Bertz CT molecular complexity index is 563. The van der Waals surface area contributed by atoms with Gasteiger partial charge < -0.3 is 0 Å². The van der Waals surface area contributed by atoms with E-state index in [1.54, 1.807) is 0 Å². The van der Waals surface area contributed by atoms with E-state index in [1.165, 1.54) is 4.90 Å². The minimum Gasteiger partial charge on any atom is -0.274 e. The van der Waals surface area contributed by atoms with E-state index in [0.29, 0.717) is 5.92 Å². The van der Waals surface area contributed by atoms with Crippen LogP contribution in [-0.4, -0.2) is 11.8 Å². The van der Waals surface area contributed by atoms with Gasteiger partial charge in [-0.25, -0.2) is 4.90 Å². The van der Waals surface area contributed by atoms with Gasteiger partial charge in [0.2, 0.25) is 11.8 Å². The second-order valence-corrected chi connectivity index (χ2v) is 7.07. The van der Waals surface area contributed by atoms with Crippen molar-refractivity contribution in [2.45, 2.75) is 33.6 Å². The first-order valence-corrected chi connectivity index (χ1v) is 7.84. The number of anilines is 1. The summed E-state index contributed by atoms with van der Waals surface area (Å²) < 4.78 is 0.824. The molecule has 20 heavy (non-hydrogen) atoms. The molecular formula is C16H18BrNO2. The molecule has 0 aromatic heterocycles. The van der Waals surface area contributed by atoms with Crippen molar-refractivity contribution in [2.75, 3.05) is 4.90 Å². The summed E-state index contributed by atoms with van der Waals surface area (Å²) >= 11 is 3.51. The molecule has 2 aliphatic rings. The minimum atomic E-state index is -0.106. The second-order valence-electron chi connectivity index (χ2n) is 6.21. The summed E-state index contributed by atoms with van der Waals surface area (Å²) in [6.45, 7) is 6.08. The van der Waals surface area contributed by atoms with Crippen LogP contribution in [0.15, 0.2) is 16.6 Å². The van der Waals surface area contributed by atoms with Crippen LogP contribution >= 0.6 is 15.9 Å². The van der Waals surface area contributed by atoms with Crippen LogP contribution in [0.2, 0.25) is 0 Å². The number of amides is 2. The summed E-state index contributed by atoms with van der Waals surface area (Å²) in [7, 11) is 0. The maximum atomic E-state index is 12.6. The number of nitrogens with zero attached hydrogens (tertiary/aromatic N) is 1. The van der Waals surface area contributed by atoms with Crippen molar-refractivity contribution in [1.82, 2.24) is 0 Å². The standard InChI is InChI=1S/C16H18BrNO2/c1-8-4-10(3)14(13(17)7-8)18-15(19)11-5-9(2)6-12(11)16(18)20/h4,7,9,11-12H,5-6H2,1-3H3. The molecule has 3 rings (SSSR count). The summed E-state index contributed by atoms with van der Waals surface area (Å²) in [5.41, 5.74) is 2.81. The fourth-order valence-corrected chi connectivity index (χ4v) is 4.54. The van der Waals surface area contributed by atoms with Gasteiger partial charge in [0.1, 0.15) is 0 Å². The highest BCUT2D eigenvalue weighted by molar-refractivity contribution is 9.10. The van der Waals surface area contributed by atoms with Crippen molar-refractivity contribution >= 4 is 33.4 Å². The van der Waals surface area contributed by atoms with Crippen molar-refractivity contribution in [3.05, 3.63) is 27.7 Å². The smallest absolute Gasteiger partial charge is 0.237 e. The lowest BCUT2D eigenvalue weighted by atomic mass is 10.00. The lowest BCUT2D eigenvalue weighted by Gasteiger charge is -2.21. The highest BCUT2D eigenvalue weighted by atomic mass is 79.9. The molecule has 0 radical (unpaired) electrons. The maximum Gasteiger partial charge on any atom is 0.237 e. The zero-order valence-electron chi connectivity index (χ0n) is 11.9. The van der Waals surface area contributed by atoms with Crippen LogP contribution in [0.25, 0.3) is 0 Å². The maximum absolute atomic E-state index is 12.6. The summed E-state index contributed by atoms with van der Waals surface area (Å²) in [4.78, 5) is 26.7. The van der Waals surface area contributed by atoms with Gasteiger partial charge in [0.05, 0.1) is 17.5 Å². The molecule has 1 saturated carbocycles.